The molecule has 0 aliphatic carbocycles. The van der Waals surface area contributed by atoms with Crippen LogP contribution in [0.25, 0.3) is 10.6 Å². The van der Waals surface area contributed by atoms with Gasteiger partial charge in [0.1, 0.15) is 5.82 Å². The lowest BCUT2D eigenvalue weighted by Crippen LogP contribution is -2.38. The Bertz CT molecular complexity index is 844. The lowest BCUT2D eigenvalue weighted by molar-refractivity contribution is 0.0705. The summed E-state index contributed by atoms with van der Waals surface area (Å²) in [5.74, 6) is 2.11. The van der Waals surface area contributed by atoms with Crippen LogP contribution in [0.2, 0.25) is 0 Å². The zero-order valence-electron chi connectivity index (χ0n) is 14.0. The number of amides is 1. The molecule has 4 rings (SSSR count). The second-order valence-electron chi connectivity index (χ2n) is 6.20. The van der Waals surface area contributed by atoms with Crippen LogP contribution in [0.5, 0.6) is 0 Å². The van der Waals surface area contributed by atoms with E-state index < -0.39 is 0 Å². The van der Waals surface area contributed by atoms with Gasteiger partial charge in [-0.25, -0.2) is 4.98 Å². The average Bonchev–Trinajstić information content (AvgIpc) is 3.42. The minimum Gasteiger partial charge on any atom is -0.337 e. The van der Waals surface area contributed by atoms with E-state index in [1.165, 1.54) is 0 Å². The van der Waals surface area contributed by atoms with Gasteiger partial charge < -0.3 is 4.90 Å². The molecule has 1 amide bonds. The molecule has 0 unspecified atom stereocenters. The minimum atomic E-state index is -0.0123. The van der Waals surface area contributed by atoms with Gasteiger partial charge in [-0.15, -0.1) is 11.3 Å². The maximum Gasteiger partial charge on any atom is 0.274 e. The van der Waals surface area contributed by atoms with E-state index in [-0.39, 0.29) is 5.91 Å². The molecule has 3 aromatic heterocycles. The van der Waals surface area contributed by atoms with Crippen molar-refractivity contribution in [2.75, 3.05) is 13.1 Å². The number of aryl methyl sites for hydroxylation is 1. The third-order valence-corrected chi connectivity index (χ3v) is 5.52. The van der Waals surface area contributed by atoms with Crippen LogP contribution >= 0.6 is 11.3 Å². The molecule has 0 atom stereocenters. The molecule has 0 aromatic carbocycles. The molecule has 1 aliphatic heterocycles. The topological polar surface area (TPSA) is 90.6 Å². The van der Waals surface area contributed by atoms with E-state index in [1.54, 1.807) is 11.3 Å². The first-order valence-corrected chi connectivity index (χ1v) is 9.42. The summed E-state index contributed by atoms with van der Waals surface area (Å²) in [5.41, 5.74) is 1.37. The molecule has 4 heterocycles. The predicted octanol–water partition coefficient (Wildman–Crippen LogP) is 2.84. The van der Waals surface area contributed by atoms with E-state index in [1.807, 2.05) is 28.5 Å². The molecule has 130 valence electrons. The van der Waals surface area contributed by atoms with Gasteiger partial charge in [-0.2, -0.15) is 10.2 Å². The summed E-state index contributed by atoms with van der Waals surface area (Å²) < 4.78 is 0. The number of aromatic nitrogens is 5. The van der Waals surface area contributed by atoms with Crippen LogP contribution in [-0.2, 0) is 6.42 Å². The van der Waals surface area contributed by atoms with Gasteiger partial charge in [-0.05, 0) is 30.4 Å². The molecule has 3 aromatic rings. The average molecular weight is 356 g/mol. The molecule has 1 saturated heterocycles. The first-order chi connectivity index (χ1) is 12.2. The second kappa shape index (κ2) is 6.79. The highest BCUT2D eigenvalue weighted by atomic mass is 32.1. The number of carbonyl (C=O) groups is 1. The lowest BCUT2D eigenvalue weighted by Gasteiger charge is -2.30. The zero-order valence-corrected chi connectivity index (χ0v) is 14.8. The second-order valence-corrected chi connectivity index (χ2v) is 7.15. The zero-order chi connectivity index (χ0) is 17.2. The SMILES string of the molecule is CCc1nc(C2CCN(C(=O)c3cc(-c4cccs4)[nH]n3)CC2)n[nH]1. The van der Waals surface area contributed by atoms with Crippen molar-refractivity contribution in [3.05, 3.63) is 40.9 Å². The summed E-state index contributed by atoms with van der Waals surface area (Å²) >= 11 is 1.63. The Morgan fingerprint density at radius 2 is 2.16 bits per heavy atom. The first-order valence-electron chi connectivity index (χ1n) is 8.54. The van der Waals surface area contributed by atoms with Crippen LogP contribution in [0.1, 0.15) is 47.8 Å². The fourth-order valence-corrected chi connectivity index (χ4v) is 3.84. The van der Waals surface area contributed by atoms with E-state index in [2.05, 4.69) is 32.3 Å². The van der Waals surface area contributed by atoms with Gasteiger partial charge >= 0.3 is 0 Å². The Kier molecular flexibility index (Phi) is 4.35. The Hall–Kier alpha value is -2.48. The monoisotopic (exact) mass is 356 g/mol. The normalized spacial score (nSPS) is 15.6. The van der Waals surface area contributed by atoms with Gasteiger partial charge in [0.05, 0.1) is 10.6 Å². The van der Waals surface area contributed by atoms with Gasteiger partial charge in [-0.3, -0.25) is 15.0 Å². The molecule has 0 radical (unpaired) electrons. The molecule has 0 spiro atoms. The number of nitrogens with zero attached hydrogens (tertiary/aromatic N) is 4. The minimum absolute atomic E-state index is 0.0123. The summed E-state index contributed by atoms with van der Waals surface area (Å²) in [6.45, 7) is 3.47. The number of likely N-dealkylation sites (tertiary alicyclic amines) is 1. The first kappa shape index (κ1) is 16.0. The fraction of sp³-hybridized carbons (Fsp3) is 0.412. The number of thiophene rings is 1. The Morgan fingerprint density at radius 3 is 2.84 bits per heavy atom. The number of aromatic amines is 2. The van der Waals surface area contributed by atoms with Crippen molar-refractivity contribution < 1.29 is 4.79 Å². The van der Waals surface area contributed by atoms with Crippen molar-refractivity contribution in [3.63, 3.8) is 0 Å². The third-order valence-electron chi connectivity index (χ3n) is 4.61. The number of hydrogen-bond acceptors (Lipinski definition) is 5. The van der Waals surface area contributed by atoms with Crippen LogP contribution < -0.4 is 0 Å². The summed E-state index contributed by atoms with van der Waals surface area (Å²) in [6.07, 6.45) is 2.62. The molecule has 7 nitrogen and oxygen atoms in total. The van der Waals surface area contributed by atoms with Gasteiger partial charge in [-0.1, -0.05) is 13.0 Å². The largest absolute Gasteiger partial charge is 0.337 e. The van der Waals surface area contributed by atoms with E-state index in [0.717, 1.165) is 41.5 Å². The fourth-order valence-electron chi connectivity index (χ4n) is 3.14. The maximum absolute atomic E-state index is 12.7. The summed E-state index contributed by atoms with van der Waals surface area (Å²) in [5, 5.41) is 16.5. The van der Waals surface area contributed by atoms with E-state index in [0.29, 0.717) is 24.7 Å². The molecule has 25 heavy (non-hydrogen) atoms. The van der Waals surface area contributed by atoms with Crippen molar-refractivity contribution in [3.8, 4) is 10.6 Å². The third kappa shape index (κ3) is 3.21. The van der Waals surface area contributed by atoms with Crippen LogP contribution in [0.4, 0.5) is 0 Å². The summed E-state index contributed by atoms with van der Waals surface area (Å²) in [6, 6.07) is 5.84. The molecular weight excluding hydrogens is 336 g/mol. The van der Waals surface area contributed by atoms with E-state index in [4.69, 9.17) is 0 Å². The van der Waals surface area contributed by atoms with Gasteiger partial charge in [0, 0.05) is 25.4 Å². The van der Waals surface area contributed by atoms with Crippen LogP contribution in [-0.4, -0.2) is 49.3 Å². The predicted molar refractivity (Wildman–Crippen MR) is 95.5 cm³/mol. The van der Waals surface area contributed by atoms with E-state index in [9.17, 15) is 4.79 Å². The van der Waals surface area contributed by atoms with Crippen molar-refractivity contribution in [1.82, 2.24) is 30.3 Å². The lowest BCUT2D eigenvalue weighted by atomic mass is 9.96. The quantitative estimate of drug-likeness (QED) is 0.752. The highest BCUT2D eigenvalue weighted by molar-refractivity contribution is 7.13. The number of carbonyl (C=O) groups excluding carboxylic acids is 1. The van der Waals surface area contributed by atoms with Crippen LogP contribution in [0.15, 0.2) is 23.6 Å². The molecule has 8 heteroatoms. The highest BCUT2D eigenvalue weighted by Gasteiger charge is 2.28. The molecule has 0 bridgehead atoms. The molecule has 1 fully saturated rings. The number of hydrogen-bond donors (Lipinski definition) is 2. The Labute approximate surface area is 149 Å². The standard InChI is InChI=1S/C17H20N6OS/c1-2-15-18-16(22-21-15)11-5-7-23(8-6-11)17(24)13-10-12(19-20-13)14-4-3-9-25-14/h3-4,9-11H,2,5-8H2,1H3,(H,19,20)(H,18,21,22). The molecule has 1 aliphatic rings. The number of rotatable bonds is 4. The van der Waals surface area contributed by atoms with Crippen molar-refractivity contribution >= 4 is 17.2 Å². The van der Waals surface area contributed by atoms with Crippen molar-refractivity contribution in [1.29, 1.82) is 0 Å². The number of nitrogens with one attached hydrogen (secondary N) is 2. The molecule has 0 saturated carbocycles. The van der Waals surface area contributed by atoms with Crippen molar-refractivity contribution in [2.24, 2.45) is 0 Å². The number of piperidine rings is 1. The van der Waals surface area contributed by atoms with Crippen LogP contribution in [0, 0.1) is 0 Å². The molecule has 2 N–H and O–H groups in total. The smallest absolute Gasteiger partial charge is 0.274 e. The number of H-pyrrole nitrogens is 2. The van der Waals surface area contributed by atoms with Crippen LogP contribution in [0.3, 0.4) is 0 Å². The summed E-state index contributed by atoms with van der Waals surface area (Å²) in [4.78, 5) is 20.2. The van der Waals surface area contributed by atoms with Gasteiger partial charge in [0.25, 0.3) is 5.91 Å². The van der Waals surface area contributed by atoms with Gasteiger partial charge in [0.2, 0.25) is 0 Å². The Balaban J connectivity index is 1.39. The summed E-state index contributed by atoms with van der Waals surface area (Å²) in [7, 11) is 0. The maximum atomic E-state index is 12.7. The van der Waals surface area contributed by atoms with Crippen molar-refractivity contribution in [2.45, 2.75) is 32.1 Å². The highest BCUT2D eigenvalue weighted by Crippen LogP contribution is 2.27. The molecular formula is C17H20N6OS. The van der Waals surface area contributed by atoms with Gasteiger partial charge in [0.15, 0.2) is 11.5 Å². The Morgan fingerprint density at radius 1 is 1.32 bits per heavy atom. The van der Waals surface area contributed by atoms with E-state index >= 15 is 0 Å².